The summed E-state index contributed by atoms with van der Waals surface area (Å²) >= 11 is 0. The van der Waals surface area contributed by atoms with Crippen LogP contribution in [0.4, 0.5) is 0 Å². The van der Waals surface area contributed by atoms with Gasteiger partial charge in [0.1, 0.15) is 0 Å². The summed E-state index contributed by atoms with van der Waals surface area (Å²) in [7, 11) is 0. The molecule has 2 atom stereocenters. The molecular weight excluding hydrogens is 240 g/mol. The van der Waals surface area contributed by atoms with Gasteiger partial charge >= 0.3 is 0 Å². The summed E-state index contributed by atoms with van der Waals surface area (Å²) in [5.74, 6) is 1.81. The van der Waals surface area contributed by atoms with E-state index < -0.39 is 0 Å². The predicted molar refractivity (Wildman–Crippen MR) is 89.8 cm³/mol. The molecule has 0 heterocycles. The van der Waals surface area contributed by atoms with Crippen molar-refractivity contribution in [1.29, 1.82) is 0 Å². The van der Waals surface area contributed by atoms with Gasteiger partial charge in [0.15, 0.2) is 0 Å². The molecule has 2 unspecified atom stereocenters. The van der Waals surface area contributed by atoms with Crippen molar-refractivity contribution in [2.24, 2.45) is 33.5 Å². The van der Waals surface area contributed by atoms with Crippen LogP contribution in [0.25, 0.3) is 0 Å². The van der Waals surface area contributed by atoms with E-state index in [1.54, 1.807) is 0 Å². The summed E-state index contributed by atoms with van der Waals surface area (Å²) in [5.41, 5.74) is 1.60. The minimum atomic E-state index is 0.368. The molecule has 0 aromatic carbocycles. The van der Waals surface area contributed by atoms with E-state index in [1.807, 2.05) is 0 Å². The molecule has 2 saturated carbocycles. The zero-order valence-electron chi connectivity index (χ0n) is 15.4. The molecule has 0 N–H and O–H groups in total. The van der Waals surface area contributed by atoms with E-state index in [-0.39, 0.29) is 0 Å². The van der Waals surface area contributed by atoms with Crippen molar-refractivity contribution in [2.75, 3.05) is 0 Å². The third-order valence-electron chi connectivity index (χ3n) is 9.00. The second-order valence-corrected chi connectivity index (χ2v) is 9.96. The highest BCUT2D eigenvalue weighted by atomic mass is 14.7. The first-order chi connectivity index (χ1) is 8.96. The second kappa shape index (κ2) is 4.75. The van der Waals surface area contributed by atoms with E-state index >= 15 is 0 Å². The lowest BCUT2D eigenvalue weighted by atomic mass is 9.46. The fraction of sp³-hybridized carbons (Fsp3) is 1.00. The molecule has 0 spiro atoms. The third kappa shape index (κ3) is 2.00. The summed E-state index contributed by atoms with van der Waals surface area (Å²) in [6.07, 6.45) is 8.75. The van der Waals surface area contributed by atoms with E-state index in [4.69, 9.17) is 0 Å². The molecule has 0 amide bonds. The molecule has 0 aliphatic heterocycles. The summed E-state index contributed by atoms with van der Waals surface area (Å²) in [4.78, 5) is 0. The smallest absolute Gasteiger partial charge is 0.0244 e. The SMILES string of the molecule is CC1(C)C2CCCCCC(C2)C(C)(C)C(C)(C)C1(C)C. The second-order valence-electron chi connectivity index (χ2n) is 9.96. The molecule has 2 rings (SSSR count). The van der Waals surface area contributed by atoms with Crippen LogP contribution in [0.15, 0.2) is 0 Å². The zero-order valence-corrected chi connectivity index (χ0v) is 15.4. The molecule has 0 saturated heterocycles. The molecule has 0 aromatic heterocycles. The molecule has 2 bridgehead atoms. The number of hydrogen-bond donors (Lipinski definition) is 0. The Balaban J connectivity index is 2.57. The van der Waals surface area contributed by atoms with Crippen LogP contribution < -0.4 is 0 Å². The van der Waals surface area contributed by atoms with Gasteiger partial charge < -0.3 is 0 Å². The maximum Gasteiger partial charge on any atom is -0.0244 e. The van der Waals surface area contributed by atoms with Gasteiger partial charge in [-0.2, -0.15) is 0 Å². The molecule has 2 fully saturated rings. The quantitative estimate of drug-likeness (QED) is 0.463. The Morgan fingerprint density at radius 3 is 1.25 bits per heavy atom. The largest absolute Gasteiger partial charge is 0.0591 e. The highest BCUT2D eigenvalue weighted by Gasteiger charge is 2.61. The van der Waals surface area contributed by atoms with Crippen molar-refractivity contribution in [3.8, 4) is 0 Å². The highest BCUT2D eigenvalue weighted by molar-refractivity contribution is 5.09. The van der Waals surface area contributed by atoms with Crippen molar-refractivity contribution in [3.63, 3.8) is 0 Å². The minimum absolute atomic E-state index is 0.368. The normalized spacial score (nSPS) is 38.4. The van der Waals surface area contributed by atoms with Gasteiger partial charge in [-0.1, -0.05) is 74.7 Å². The standard InChI is InChI=1S/C20H38/c1-17(2)15-12-10-9-11-13-16(14-15)18(3,4)20(7,8)19(17,5)6/h15-16H,9-14H2,1-8H3. The Labute approximate surface area is 128 Å². The van der Waals surface area contributed by atoms with E-state index in [0.29, 0.717) is 21.7 Å². The average molecular weight is 279 g/mol. The first-order valence-corrected chi connectivity index (χ1v) is 8.96. The van der Waals surface area contributed by atoms with E-state index in [0.717, 1.165) is 11.8 Å². The summed E-state index contributed by atoms with van der Waals surface area (Å²) in [5, 5.41) is 0. The van der Waals surface area contributed by atoms with Gasteiger partial charge in [-0.3, -0.25) is 0 Å². The van der Waals surface area contributed by atoms with Gasteiger partial charge in [-0.05, 0) is 52.8 Å². The number of rotatable bonds is 0. The van der Waals surface area contributed by atoms with Gasteiger partial charge in [0.05, 0.1) is 0 Å². The third-order valence-corrected chi connectivity index (χ3v) is 9.00. The molecule has 0 aromatic rings. The van der Waals surface area contributed by atoms with E-state index in [1.165, 1.54) is 38.5 Å². The van der Waals surface area contributed by atoms with Crippen LogP contribution in [0.3, 0.4) is 0 Å². The Morgan fingerprint density at radius 2 is 0.900 bits per heavy atom. The average Bonchev–Trinajstić information content (AvgIpc) is 2.28. The molecule has 0 heteroatoms. The number of hydrogen-bond acceptors (Lipinski definition) is 0. The predicted octanol–water partition coefficient (Wildman–Crippen LogP) is 6.69. The highest BCUT2D eigenvalue weighted by Crippen LogP contribution is 2.68. The Morgan fingerprint density at radius 1 is 0.550 bits per heavy atom. The van der Waals surface area contributed by atoms with Crippen LogP contribution in [0.1, 0.15) is 93.9 Å². The van der Waals surface area contributed by atoms with Crippen molar-refractivity contribution in [2.45, 2.75) is 93.9 Å². The first-order valence-electron chi connectivity index (χ1n) is 8.96. The lowest BCUT2D eigenvalue weighted by Crippen LogP contribution is -2.52. The summed E-state index contributed by atoms with van der Waals surface area (Å²) < 4.78 is 0. The van der Waals surface area contributed by atoms with Crippen LogP contribution in [0, 0.1) is 33.5 Å². The number of fused-ring (bicyclic) bond motifs is 2. The molecule has 0 nitrogen and oxygen atoms in total. The van der Waals surface area contributed by atoms with Crippen LogP contribution in [0.2, 0.25) is 0 Å². The lowest BCUT2D eigenvalue weighted by molar-refractivity contribution is -0.105. The van der Waals surface area contributed by atoms with Crippen molar-refractivity contribution < 1.29 is 0 Å². The molecule has 118 valence electrons. The zero-order chi connectivity index (χ0) is 15.4. The molecule has 2 aliphatic carbocycles. The monoisotopic (exact) mass is 278 g/mol. The van der Waals surface area contributed by atoms with Crippen LogP contribution >= 0.6 is 0 Å². The Bertz CT molecular complexity index is 322. The van der Waals surface area contributed by atoms with Crippen molar-refractivity contribution >= 4 is 0 Å². The Hall–Kier alpha value is 0. The summed E-state index contributed by atoms with van der Waals surface area (Å²) in [6.45, 7) is 20.5. The first kappa shape index (κ1) is 16.4. The van der Waals surface area contributed by atoms with Gasteiger partial charge in [0, 0.05) is 0 Å². The maximum absolute atomic E-state index is 2.57. The Kier molecular flexibility index (Phi) is 3.89. The van der Waals surface area contributed by atoms with Crippen LogP contribution in [-0.4, -0.2) is 0 Å². The summed E-state index contributed by atoms with van der Waals surface area (Å²) in [6, 6.07) is 0. The van der Waals surface area contributed by atoms with E-state index in [9.17, 15) is 0 Å². The van der Waals surface area contributed by atoms with Gasteiger partial charge in [0.25, 0.3) is 0 Å². The molecule has 0 radical (unpaired) electrons. The van der Waals surface area contributed by atoms with Crippen LogP contribution in [0.5, 0.6) is 0 Å². The molecular formula is C20H38. The fourth-order valence-corrected chi connectivity index (χ4v) is 5.48. The van der Waals surface area contributed by atoms with Gasteiger partial charge in [0.2, 0.25) is 0 Å². The van der Waals surface area contributed by atoms with Crippen molar-refractivity contribution in [3.05, 3.63) is 0 Å². The maximum atomic E-state index is 2.57. The van der Waals surface area contributed by atoms with Gasteiger partial charge in [-0.15, -0.1) is 0 Å². The van der Waals surface area contributed by atoms with Crippen LogP contribution in [-0.2, 0) is 0 Å². The van der Waals surface area contributed by atoms with Crippen molar-refractivity contribution in [1.82, 2.24) is 0 Å². The van der Waals surface area contributed by atoms with Gasteiger partial charge in [-0.25, -0.2) is 0 Å². The molecule has 20 heavy (non-hydrogen) atoms. The van der Waals surface area contributed by atoms with E-state index in [2.05, 4.69) is 55.4 Å². The molecule has 2 aliphatic rings. The lowest BCUT2D eigenvalue weighted by Gasteiger charge is -2.59. The fourth-order valence-electron chi connectivity index (χ4n) is 5.48. The topological polar surface area (TPSA) is 0 Å². The minimum Gasteiger partial charge on any atom is -0.0591 e.